The topological polar surface area (TPSA) is 75.3 Å². The molecule has 156 valence electrons. The van der Waals surface area contributed by atoms with Crippen LogP contribution in [0.1, 0.15) is 104 Å². The van der Waals surface area contributed by atoms with E-state index in [-0.39, 0.29) is 0 Å². The highest BCUT2D eigenvalue weighted by atomic mass is 35.5. The summed E-state index contributed by atoms with van der Waals surface area (Å²) in [5.74, 6) is 0. The Morgan fingerprint density at radius 1 is 0.808 bits per heavy atom. The molecule has 1 atom stereocenters. The Kier molecular flexibility index (Phi) is 16.4. The van der Waals surface area contributed by atoms with Gasteiger partial charge >= 0.3 is 6.03 Å². The Hall–Kier alpha value is -0.490. The predicted molar refractivity (Wildman–Crippen MR) is 111 cm³/mol. The third-order valence-electron chi connectivity index (χ3n) is 4.48. The Morgan fingerprint density at radius 3 is 1.58 bits per heavy atom. The lowest BCUT2D eigenvalue weighted by Gasteiger charge is -2.09. The number of nitrogens with one attached hydrogen (secondary N) is 2. The molecule has 0 aliphatic heterocycles. The summed E-state index contributed by atoms with van der Waals surface area (Å²) in [6, 6.07) is -0.702. The average Bonchev–Trinajstić information content (AvgIpc) is 2.57. The number of urea groups is 1. The monoisotopic (exact) mass is 410 g/mol. The maximum Gasteiger partial charge on any atom is 0.328 e. The van der Waals surface area contributed by atoms with Crippen LogP contribution in [-0.4, -0.2) is 25.7 Å². The molecule has 0 aromatic carbocycles. The van der Waals surface area contributed by atoms with Crippen LogP contribution in [0.4, 0.5) is 4.79 Å². The molecule has 0 saturated heterocycles. The third kappa shape index (κ3) is 15.7. The predicted octanol–water partition coefficient (Wildman–Crippen LogP) is 5.68. The summed E-state index contributed by atoms with van der Waals surface area (Å²) >= 11 is 5.48. The van der Waals surface area contributed by atoms with Crippen molar-refractivity contribution in [3.05, 3.63) is 0 Å². The molecule has 0 saturated carbocycles. The van der Waals surface area contributed by atoms with Crippen LogP contribution >= 0.6 is 11.6 Å². The van der Waals surface area contributed by atoms with Crippen LogP contribution in [0.3, 0.4) is 0 Å². The van der Waals surface area contributed by atoms with Crippen molar-refractivity contribution < 1.29 is 13.2 Å². The highest BCUT2D eigenvalue weighted by Crippen LogP contribution is 2.12. The van der Waals surface area contributed by atoms with E-state index in [1.54, 1.807) is 0 Å². The number of alkyl halides is 1. The summed E-state index contributed by atoms with van der Waals surface area (Å²) in [7, 11) is -3.76. The highest BCUT2D eigenvalue weighted by Gasteiger charge is 2.20. The number of hydrogen-bond donors (Lipinski definition) is 2. The first-order chi connectivity index (χ1) is 12.4. The minimum Gasteiger partial charge on any atom is -0.337 e. The van der Waals surface area contributed by atoms with E-state index in [0.29, 0.717) is 6.54 Å². The Labute approximate surface area is 166 Å². The van der Waals surface area contributed by atoms with Gasteiger partial charge in [-0.05, 0) is 13.3 Å². The molecule has 26 heavy (non-hydrogen) atoms. The third-order valence-corrected chi connectivity index (χ3v) is 6.51. The first kappa shape index (κ1) is 25.5. The van der Waals surface area contributed by atoms with E-state index in [1.165, 1.54) is 77.6 Å². The van der Waals surface area contributed by atoms with E-state index in [4.69, 9.17) is 11.6 Å². The molecule has 2 amide bonds. The number of rotatable bonds is 17. The second kappa shape index (κ2) is 16.7. The molecule has 0 aromatic heterocycles. The van der Waals surface area contributed by atoms with Gasteiger partial charge in [-0.25, -0.2) is 17.9 Å². The molecular weight excluding hydrogens is 372 g/mol. The van der Waals surface area contributed by atoms with Gasteiger partial charge < -0.3 is 5.32 Å². The van der Waals surface area contributed by atoms with Gasteiger partial charge in [-0.1, -0.05) is 90.4 Å². The molecule has 1 unspecified atom stereocenters. The van der Waals surface area contributed by atoms with Crippen molar-refractivity contribution in [1.29, 1.82) is 0 Å². The van der Waals surface area contributed by atoms with Crippen molar-refractivity contribution in [2.75, 3.05) is 6.54 Å². The van der Waals surface area contributed by atoms with Crippen LogP contribution in [0.2, 0.25) is 0 Å². The van der Waals surface area contributed by atoms with Gasteiger partial charge in [0.2, 0.25) is 0 Å². The minimum atomic E-state index is -3.76. The Balaban J connectivity index is 3.30. The quantitative estimate of drug-likeness (QED) is 0.239. The molecule has 7 heteroatoms. The van der Waals surface area contributed by atoms with Crippen molar-refractivity contribution in [3.8, 4) is 0 Å². The fourth-order valence-corrected chi connectivity index (χ4v) is 3.39. The lowest BCUT2D eigenvalue weighted by Crippen LogP contribution is -2.42. The molecule has 0 aliphatic carbocycles. The summed E-state index contributed by atoms with van der Waals surface area (Å²) in [4.78, 5) is 11.4. The number of carbonyl (C=O) groups is 1. The number of carbonyl (C=O) groups excluding carboxylic acids is 1. The zero-order chi connectivity index (χ0) is 19.7. The van der Waals surface area contributed by atoms with Crippen LogP contribution in [0.25, 0.3) is 0 Å². The normalized spacial score (nSPS) is 12.7. The van der Waals surface area contributed by atoms with E-state index in [0.717, 1.165) is 19.3 Å². The second-order valence-electron chi connectivity index (χ2n) is 7.04. The van der Waals surface area contributed by atoms with Crippen molar-refractivity contribution in [2.45, 2.75) is 108 Å². The first-order valence-electron chi connectivity index (χ1n) is 10.3. The molecule has 0 fully saturated rings. The van der Waals surface area contributed by atoms with Crippen molar-refractivity contribution in [1.82, 2.24) is 10.0 Å². The maximum absolute atomic E-state index is 11.4. The molecule has 0 heterocycles. The number of sulfonamides is 1. The SMILES string of the molecule is CCCCCCCCCCCCCCCCNC(=O)NS(=O)(=O)C(C)Cl. The lowest BCUT2D eigenvalue weighted by molar-refractivity contribution is 0.245. The summed E-state index contributed by atoms with van der Waals surface area (Å²) in [5.41, 5.74) is 0. The summed E-state index contributed by atoms with van der Waals surface area (Å²) in [5, 5.41) is 2.55. The Bertz CT molecular complexity index is 442. The fraction of sp³-hybridized carbons (Fsp3) is 0.947. The molecule has 0 spiro atoms. The molecular formula is C19H39ClN2O3S. The van der Waals surface area contributed by atoms with Crippen LogP contribution in [0, 0.1) is 0 Å². The van der Waals surface area contributed by atoms with Gasteiger partial charge in [0, 0.05) is 6.54 Å². The van der Waals surface area contributed by atoms with Crippen molar-refractivity contribution >= 4 is 27.7 Å². The standard InChI is InChI=1S/C19H39ClN2O3S/c1-3-4-5-6-7-8-9-10-11-12-13-14-15-16-17-21-19(23)22-26(24,25)18(2)20/h18H,3-17H2,1-2H3,(H2,21,22,23). The van der Waals surface area contributed by atoms with Gasteiger partial charge in [0.15, 0.2) is 4.71 Å². The molecule has 5 nitrogen and oxygen atoms in total. The average molecular weight is 411 g/mol. The van der Waals surface area contributed by atoms with Crippen LogP contribution in [0.15, 0.2) is 0 Å². The van der Waals surface area contributed by atoms with Gasteiger partial charge in [-0.2, -0.15) is 0 Å². The van der Waals surface area contributed by atoms with Crippen LogP contribution < -0.4 is 10.0 Å². The zero-order valence-corrected chi connectivity index (χ0v) is 18.3. The van der Waals surface area contributed by atoms with Gasteiger partial charge in [0.05, 0.1) is 0 Å². The van der Waals surface area contributed by atoms with E-state index in [2.05, 4.69) is 12.2 Å². The lowest BCUT2D eigenvalue weighted by atomic mass is 10.0. The zero-order valence-electron chi connectivity index (χ0n) is 16.7. The smallest absolute Gasteiger partial charge is 0.328 e. The molecule has 0 rings (SSSR count). The van der Waals surface area contributed by atoms with Gasteiger partial charge in [-0.3, -0.25) is 0 Å². The van der Waals surface area contributed by atoms with E-state index in [1.807, 2.05) is 4.72 Å². The van der Waals surface area contributed by atoms with Gasteiger partial charge in [-0.15, -0.1) is 11.6 Å². The van der Waals surface area contributed by atoms with E-state index >= 15 is 0 Å². The van der Waals surface area contributed by atoms with Gasteiger partial charge in [0.1, 0.15) is 0 Å². The summed E-state index contributed by atoms with van der Waals surface area (Å²) in [6.07, 6.45) is 17.9. The molecule has 0 radical (unpaired) electrons. The summed E-state index contributed by atoms with van der Waals surface area (Å²) in [6.45, 7) is 4.05. The van der Waals surface area contributed by atoms with Crippen LogP contribution in [-0.2, 0) is 10.0 Å². The van der Waals surface area contributed by atoms with E-state index < -0.39 is 20.8 Å². The maximum atomic E-state index is 11.4. The fourth-order valence-electron chi connectivity index (χ4n) is 2.77. The summed E-state index contributed by atoms with van der Waals surface area (Å²) < 4.78 is 23.6. The largest absolute Gasteiger partial charge is 0.337 e. The number of unbranched alkanes of at least 4 members (excludes halogenated alkanes) is 13. The van der Waals surface area contributed by atoms with Crippen molar-refractivity contribution in [3.63, 3.8) is 0 Å². The van der Waals surface area contributed by atoms with E-state index in [9.17, 15) is 13.2 Å². The van der Waals surface area contributed by atoms with Gasteiger partial charge in [0.25, 0.3) is 10.0 Å². The van der Waals surface area contributed by atoms with Crippen molar-refractivity contribution in [2.24, 2.45) is 0 Å². The molecule has 0 aromatic rings. The van der Waals surface area contributed by atoms with Crippen LogP contribution in [0.5, 0.6) is 0 Å². The Morgan fingerprint density at radius 2 is 1.19 bits per heavy atom. The first-order valence-corrected chi connectivity index (χ1v) is 12.3. The minimum absolute atomic E-state index is 0.482. The molecule has 0 aliphatic rings. The highest BCUT2D eigenvalue weighted by molar-refractivity contribution is 7.91. The number of halogens is 1. The molecule has 2 N–H and O–H groups in total. The number of amides is 2. The second-order valence-corrected chi connectivity index (χ2v) is 9.96. The number of hydrogen-bond acceptors (Lipinski definition) is 3. The molecule has 0 bridgehead atoms.